The van der Waals surface area contributed by atoms with Gasteiger partial charge in [0.1, 0.15) is 0 Å². The fourth-order valence-electron chi connectivity index (χ4n) is 1.81. The minimum Gasteiger partial charge on any atom is -0.294 e. The zero-order chi connectivity index (χ0) is 11.1. The normalized spacial score (nSPS) is 11.0. The summed E-state index contributed by atoms with van der Waals surface area (Å²) in [5.74, 6) is 0. The number of aromatic nitrogens is 2. The Morgan fingerprint density at radius 2 is 2.00 bits per heavy atom. The van der Waals surface area contributed by atoms with Gasteiger partial charge in [-0.05, 0) is 18.2 Å². The lowest BCUT2D eigenvalue weighted by atomic mass is 10.3. The van der Waals surface area contributed by atoms with Crippen LogP contribution < -0.4 is 0 Å². The molecular formula is C11H7N3O2. The van der Waals surface area contributed by atoms with E-state index in [0.717, 1.165) is 11.0 Å². The molecule has 0 fully saturated rings. The van der Waals surface area contributed by atoms with Gasteiger partial charge in [-0.25, -0.2) is 4.98 Å². The molecule has 0 aliphatic rings. The van der Waals surface area contributed by atoms with Gasteiger partial charge in [0, 0.05) is 12.3 Å². The van der Waals surface area contributed by atoms with Gasteiger partial charge in [0.2, 0.25) is 5.65 Å². The number of benzene rings is 1. The Morgan fingerprint density at radius 1 is 1.19 bits per heavy atom. The van der Waals surface area contributed by atoms with E-state index in [1.54, 1.807) is 16.7 Å². The number of imidazole rings is 1. The molecule has 3 rings (SSSR count). The average molecular weight is 213 g/mol. The predicted octanol–water partition coefficient (Wildman–Crippen LogP) is 2.40. The molecule has 0 amide bonds. The highest BCUT2D eigenvalue weighted by atomic mass is 16.6. The summed E-state index contributed by atoms with van der Waals surface area (Å²) in [6.07, 6.45) is 1.78. The number of rotatable bonds is 1. The maximum Gasteiger partial charge on any atom is 0.312 e. The summed E-state index contributed by atoms with van der Waals surface area (Å²) in [7, 11) is 0. The molecule has 78 valence electrons. The van der Waals surface area contributed by atoms with Crippen LogP contribution in [-0.2, 0) is 0 Å². The van der Waals surface area contributed by atoms with Crippen LogP contribution in [0.3, 0.4) is 0 Å². The quantitative estimate of drug-likeness (QED) is 0.460. The van der Waals surface area contributed by atoms with E-state index >= 15 is 0 Å². The Labute approximate surface area is 90.1 Å². The van der Waals surface area contributed by atoms with Gasteiger partial charge in [-0.2, -0.15) is 0 Å². The lowest BCUT2D eigenvalue weighted by Gasteiger charge is -1.95. The molecule has 0 saturated carbocycles. The fourth-order valence-corrected chi connectivity index (χ4v) is 1.81. The minimum atomic E-state index is -0.415. The zero-order valence-corrected chi connectivity index (χ0v) is 8.20. The lowest BCUT2D eigenvalue weighted by molar-refractivity contribution is -0.383. The summed E-state index contributed by atoms with van der Waals surface area (Å²) in [4.78, 5) is 14.7. The molecule has 0 radical (unpaired) electrons. The SMILES string of the molecule is O=[N+]([O-])c1cccn2c1nc1ccccc12. The molecule has 0 saturated heterocycles. The Hall–Kier alpha value is -2.43. The summed E-state index contributed by atoms with van der Waals surface area (Å²) >= 11 is 0. The number of nitrogens with zero attached hydrogens (tertiary/aromatic N) is 3. The zero-order valence-electron chi connectivity index (χ0n) is 8.20. The number of nitro groups is 1. The van der Waals surface area contributed by atoms with Gasteiger partial charge < -0.3 is 0 Å². The van der Waals surface area contributed by atoms with Crippen LogP contribution in [0.4, 0.5) is 5.69 Å². The molecule has 0 unspecified atom stereocenters. The second-order valence-corrected chi connectivity index (χ2v) is 3.44. The molecule has 0 spiro atoms. The first kappa shape index (κ1) is 8.84. The van der Waals surface area contributed by atoms with Crippen LogP contribution in [0.5, 0.6) is 0 Å². The Morgan fingerprint density at radius 3 is 2.81 bits per heavy atom. The van der Waals surface area contributed by atoms with Crippen molar-refractivity contribution in [2.24, 2.45) is 0 Å². The van der Waals surface area contributed by atoms with Gasteiger partial charge in [-0.1, -0.05) is 12.1 Å². The summed E-state index contributed by atoms with van der Waals surface area (Å²) < 4.78 is 1.73. The van der Waals surface area contributed by atoms with Crippen molar-refractivity contribution in [1.82, 2.24) is 9.38 Å². The van der Waals surface area contributed by atoms with Crippen LogP contribution in [-0.4, -0.2) is 14.3 Å². The second kappa shape index (κ2) is 3.03. The monoisotopic (exact) mass is 213 g/mol. The summed E-state index contributed by atoms with van der Waals surface area (Å²) in [6, 6.07) is 10.6. The maximum atomic E-state index is 10.8. The molecule has 5 nitrogen and oxygen atoms in total. The number of para-hydroxylation sites is 2. The smallest absolute Gasteiger partial charge is 0.294 e. The molecule has 16 heavy (non-hydrogen) atoms. The number of pyridine rings is 1. The average Bonchev–Trinajstić information content (AvgIpc) is 2.67. The lowest BCUT2D eigenvalue weighted by Crippen LogP contribution is -1.92. The molecule has 0 aliphatic carbocycles. The van der Waals surface area contributed by atoms with Gasteiger partial charge in [-0.3, -0.25) is 14.5 Å². The van der Waals surface area contributed by atoms with Gasteiger partial charge in [-0.15, -0.1) is 0 Å². The van der Waals surface area contributed by atoms with Gasteiger partial charge in [0.05, 0.1) is 16.0 Å². The molecule has 2 aromatic heterocycles. The molecule has 0 N–H and O–H groups in total. The van der Waals surface area contributed by atoms with E-state index in [1.807, 2.05) is 24.3 Å². The van der Waals surface area contributed by atoms with Crippen molar-refractivity contribution in [2.75, 3.05) is 0 Å². The van der Waals surface area contributed by atoms with Crippen molar-refractivity contribution in [3.8, 4) is 0 Å². The van der Waals surface area contributed by atoms with Crippen LogP contribution in [0, 0.1) is 10.1 Å². The number of fused-ring (bicyclic) bond motifs is 3. The summed E-state index contributed by atoms with van der Waals surface area (Å²) in [6.45, 7) is 0. The topological polar surface area (TPSA) is 60.4 Å². The van der Waals surface area contributed by atoms with Crippen molar-refractivity contribution in [2.45, 2.75) is 0 Å². The van der Waals surface area contributed by atoms with E-state index in [-0.39, 0.29) is 5.69 Å². The molecule has 0 bridgehead atoms. The molecule has 5 heteroatoms. The third kappa shape index (κ3) is 1.08. The van der Waals surface area contributed by atoms with Crippen LogP contribution in [0.2, 0.25) is 0 Å². The van der Waals surface area contributed by atoms with Crippen LogP contribution >= 0.6 is 0 Å². The maximum absolute atomic E-state index is 10.8. The first-order valence-electron chi connectivity index (χ1n) is 4.77. The Bertz CT molecular complexity index is 703. The van der Waals surface area contributed by atoms with E-state index in [9.17, 15) is 10.1 Å². The van der Waals surface area contributed by atoms with Gasteiger partial charge in [0.15, 0.2) is 0 Å². The Kier molecular flexibility index (Phi) is 1.67. The number of hydrogen-bond donors (Lipinski definition) is 0. The van der Waals surface area contributed by atoms with Crippen molar-refractivity contribution >= 4 is 22.4 Å². The highest BCUT2D eigenvalue weighted by Gasteiger charge is 2.15. The Balaban J connectivity index is 2.54. The predicted molar refractivity (Wildman–Crippen MR) is 59.4 cm³/mol. The summed E-state index contributed by atoms with van der Waals surface area (Å²) in [5, 5.41) is 10.8. The third-order valence-electron chi connectivity index (χ3n) is 2.51. The van der Waals surface area contributed by atoms with Crippen molar-refractivity contribution in [1.29, 1.82) is 0 Å². The van der Waals surface area contributed by atoms with Gasteiger partial charge >= 0.3 is 5.69 Å². The highest BCUT2D eigenvalue weighted by molar-refractivity contribution is 5.83. The van der Waals surface area contributed by atoms with Crippen molar-refractivity contribution in [3.05, 3.63) is 52.7 Å². The van der Waals surface area contributed by atoms with Gasteiger partial charge in [0.25, 0.3) is 0 Å². The highest BCUT2D eigenvalue weighted by Crippen LogP contribution is 2.23. The first-order chi connectivity index (χ1) is 7.77. The van der Waals surface area contributed by atoms with E-state index in [1.165, 1.54) is 6.07 Å². The molecule has 0 aliphatic heterocycles. The summed E-state index contributed by atoms with van der Waals surface area (Å²) in [5.41, 5.74) is 2.05. The molecule has 0 atom stereocenters. The van der Waals surface area contributed by atoms with Crippen LogP contribution in [0.1, 0.15) is 0 Å². The second-order valence-electron chi connectivity index (χ2n) is 3.44. The standard InChI is InChI=1S/C11H7N3O2/c15-14(16)10-6-3-7-13-9-5-2-1-4-8(9)12-11(10)13/h1-7H. The molecule has 2 heterocycles. The molecular weight excluding hydrogens is 206 g/mol. The van der Waals surface area contributed by atoms with Crippen molar-refractivity contribution < 1.29 is 4.92 Å². The fraction of sp³-hybridized carbons (Fsp3) is 0. The molecule has 1 aromatic carbocycles. The number of hydrogen-bond acceptors (Lipinski definition) is 3. The minimum absolute atomic E-state index is 0.0266. The van der Waals surface area contributed by atoms with E-state index in [0.29, 0.717) is 5.65 Å². The molecule has 3 aromatic rings. The van der Waals surface area contributed by atoms with E-state index < -0.39 is 4.92 Å². The first-order valence-corrected chi connectivity index (χ1v) is 4.77. The van der Waals surface area contributed by atoms with E-state index in [4.69, 9.17) is 0 Å². The van der Waals surface area contributed by atoms with E-state index in [2.05, 4.69) is 4.98 Å². The third-order valence-corrected chi connectivity index (χ3v) is 2.51. The van der Waals surface area contributed by atoms with Crippen molar-refractivity contribution in [3.63, 3.8) is 0 Å². The van der Waals surface area contributed by atoms with Crippen LogP contribution in [0.25, 0.3) is 16.7 Å². The largest absolute Gasteiger partial charge is 0.312 e. The van der Waals surface area contributed by atoms with Crippen LogP contribution in [0.15, 0.2) is 42.6 Å².